The second-order valence-electron chi connectivity index (χ2n) is 12.9. The minimum Gasteiger partial charge on any atom is -0.390 e. The molecule has 0 radical (unpaired) electrons. The first-order chi connectivity index (χ1) is 14.6. The summed E-state index contributed by atoms with van der Waals surface area (Å²) >= 11 is 0. The van der Waals surface area contributed by atoms with Gasteiger partial charge in [0.25, 0.3) is 0 Å². The van der Waals surface area contributed by atoms with Crippen LogP contribution in [0.15, 0.2) is 11.6 Å². The van der Waals surface area contributed by atoms with E-state index in [1.807, 2.05) is 6.92 Å². The molecule has 4 aliphatic rings. The molecule has 0 aliphatic heterocycles. The number of alkyl halides is 3. The third kappa shape index (κ3) is 3.87. The fraction of sp³-hybridized carbons (Fsp3) is 0.926. The van der Waals surface area contributed by atoms with E-state index in [1.54, 1.807) is 0 Å². The Morgan fingerprint density at radius 2 is 1.75 bits per heavy atom. The molecule has 0 bridgehead atoms. The molecule has 4 aliphatic carbocycles. The van der Waals surface area contributed by atoms with Crippen LogP contribution in [0.2, 0.25) is 0 Å². The van der Waals surface area contributed by atoms with Crippen molar-refractivity contribution in [1.82, 2.24) is 0 Å². The number of hydrogen-bond donors (Lipinski definition) is 2. The van der Waals surface area contributed by atoms with Gasteiger partial charge in [-0.25, -0.2) is 0 Å². The van der Waals surface area contributed by atoms with E-state index in [9.17, 15) is 23.4 Å². The van der Waals surface area contributed by atoms with Crippen LogP contribution in [0.25, 0.3) is 0 Å². The van der Waals surface area contributed by atoms with Crippen molar-refractivity contribution in [1.29, 1.82) is 0 Å². The molecule has 2 nitrogen and oxygen atoms in total. The van der Waals surface area contributed by atoms with Crippen LogP contribution >= 0.6 is 0 Å². The van der Waals surface area contributed by atoms with Crippen molar-refractivity contribution in [3.05, 3.63) is 11.6 Å². The molecule has 2 N–H and O–H groups in total. The summed E-state index contributed by atoms with van der Waals surface area (Å²) in [6, 6.07) is 0. The second-order valence-corrected chi connectivity index (χ2v) is 12.9. The zero-order chi connectivity index (χ0) is 23.7. The Labute approximate surface area is 192 Å². The van der Waals surface area contributed by atoms with Gasteiger partial charge in [0, 0.05) is 0 Å². The normalized spacial score (nSPS) is 47.0. The molecular formula is C27H43F3O2. The summed E-state index contributed by atoms with van der Waals surface area (Å²) in [4.78, 5) is 0. The fourth-order valence-corrected chi connectivity index (χ4v) is 8.63. The Morgan fingerprint density at radius 3 is 2.41 bits per heavy atom. The standard InChI is InChI=1S/C27H43F3O2/c1-17(10-13-26(5,32)27(28,29)30)20-8-9-21-19-7-6-18-16-23(2,31)14-15-24(18,3)22(19)11-12-25(20,21)4/h6,17,19-22,31-32H,7-16H2,1-5H3/t17-,19?,20-,21+,22+,23+,24+,25-,26+/m1/s1. The van der Waals surface area contributed by atoms with Crippen LogP contribution in [0.3, 0.4) is 0 Å². The Bertz CT molecular complexity index is 754. The van der Waals surface area contributed by atoms with Crippen molar-refractivity contribution in [3.8, 4) is 0 Å². The summed E-state index contributed by atoms with van der Waals surface area (Å²) < 4.78 is 39.4. The van der Waals surface area contributed by atoms with E-state index in [0.29, 0.717) is 30.1 Å². The van der Waals surface area contributed by atoms with Crippen molar-refractivity contribution >= 4 is 0 Å². The molecule has 1 unspecified atom stereocenters. The van der Waals surface area contributed by atoms with Crippen molar-refractivity contribution in [3.63, 3.8) is 0 Å². The quantitative estimate of drug-likeness (QED) is 0.445. The van der Waals surface area contributed by atoms with E-state index >= 15 is 0 Å². The highest BCUT2D eigenvalue weighted by Gasteiger charge is 2.60. The van der Waals surface area contributed by atoms with Crippen LogP contribution in [-0.2, 0) is 0 Å². The zero-order valence-corrected chi connectivity index (χ0v) is 20.6. The van der Waals surface area contributed by atoms with Gasteiger partial charge in [-0.1, -0.05) is 32.4 Å². The molecule has 4 rings (SSSR count). The van der Waals surface area contributed by atoms with Crippen LogP contribution in [0, 0.1) is 40.4 Å². The molecule has 184 valence electrons. The van der Waals surface area contributed by atoms with Crippen LogP contribution in [0.4, 0.5) is 13.2 Å². The lowest BCUT2D eigenvalue weighted by Gasteiger charge is -2.59. The van der Waals surface area contributed by atoms with E-state index in [2.05, 4.69) is 26.8 Å². The van der Waals surface area contributed by atoms with E-state index in [1.165, 1.54) is 18.4 Å². The van der Waals surface area contributed by atoms with Gasteiger partial charge < -0.3 is 10.2 Å². The smallest absolute Gasteiger partial charge is 0.390 e. The van der Waals surface area contributed by atoms with Crippen LogP contribution in [0.1, 0.15) is 98.8 Å². The number of rotatable bonds is 4. The molecule has 3 fully saturated rings. The van der Waals surface area contributed by atoms with Gasteiger partial charge in [0.05, 0.1) is 5.60 Å². The Kier molecular flexibility index (Phi) is 5.94. The van der Waals surface area contributed by atoms with E-state index in [0.717, 1.165) is 45.4 Å². The Morgan fingerprint density at radius 1 is 1.06 bits per heavy atom. The molecule has 3 saturated carbocycles. The second kappa shape index (κ2) is 7.73. The molecule has 0 aromatic carbocycles. The maximum atomic E-state index is 13.1. The molecule has 0 saturated heterocycles. The van der Waals surface area contributed by atoms with Gasteiger partial charge in [-0.3, -0.25) is 0 Å². The van der Waals surface area contributed by atoms with Gasteiger partial charge in [0.1, 0.15) is 0 Å². The number of hydrogen-bond acceptors (Lipinski definition) is 2. The topological polar surface area (TPSA) is 40.5 Å². The Hall–Kier alpha value is -0.550. The predicted molar refractivity (Wildman–Crippen MR) is 121 cm³/mol. The van der Waals surface area contributed by atoms with Crippen molar-refractivity contribution < 1.29 is 23.4 Å². The molecule has 0 aromatic rings. The van der Waals surface area contributed by atoms with Gasteiger partial charge in [-0.15, -0.1) is 0 Å². The number of aliphatic hydroxyl groups is 2. The highest BCUT2D eigenvalue weighted by molar-refractivity contribution is 5.26. The lowest BCUT2D eigenvalue weighted by Crippen LogP contribution is -2.52. The van der Waals surface area contributed by atoms with Crippen molar-refractivity contribution in [2.75, 3.05) is 0 Å². The molecule has 0 amide bonds. The first kappa shape index (κ1) is 24.6. The SMILES string of the molecule is C[C@H](CC[C@](C)(O)C(F)(F)F)[C@H]1CC[C@H]2C3CC=C4C[C@@](C)(O)CC[C@]4(C)[C@H]3CC[C@]12C. The first-order valence-corrected chi connectivity index (χ1v) is 12.8. The molecule has 0 aromatic heterocycles. The number of halogens is 3. The maximum absolute atomic E-state index is 13.1. The third-order valence-electron chi connectivity index (χ3n) is 10.8. The summed E-state index contributed by atoms with van der Waals surface area (Å²) in [5, 5.41) is 20.6. The van der Waals surface area contributed by atoms with Gasteiger partial charge in [0.2, 0.25) is 0 Å². The molecule has 0 spiro atoms. The third-order valence-corrected chi connectivity index (χ3v) is 10.8. The largest absolute Gasteiger partial charge is 0.416 e. The molecule has 5 heteroatoms. The van der Waals surface area contributed by atoms with Gasteiger partial charge >= 0.3 is 6.18 Å². The van der Waals surface area contributed by atoms with Gasteiger partial charge in [0.15, 0.2) is 5.60 Å². The summed E-state index contributed by atoms with van der Waals surface area (Å²) in [5.41, 5.74) is -1.32. The van der Waals surface area contributed by atoms with Crippen LogP contribution in [0.5, 0.6) is 0 Å². The summed E-state index contributed by atoms with van der Waals surface area (Å²) in [6.07, 6.45) is 6.52. The first-order valence-electron chi connectivity index (χ1n) is 12.8. The molecular weight excluding hydrogens is 413 g/mol. The average molecular weight is 457 g/mol. The maximum Gasteiger partial charge on any atom is 0.416 e. The molecule has 9 atom stereocenters. The number of fused-ring (bicyclic) bond motifs is 5. The van der Waals surface area contributed by atoms with Crippen LogP contribution in [-0.4, -0.2) is 27.6 Å². The number of allylic oxidation sites excluding steroid dienone is 1. The van der Waals surface area contributed by atoms with Crippen molar-refractivity contribution in [2.24, 2.45) is 40.4 Å². The molecule has 32 heavy (non-hydrogen) atoms. The average Bonchev–Trinajstić information content (AvgIpc) is 3.03. The lowest BCUT2D eigenvalue weighted by molar-refractivity contribution is -0.256. The van der Waals surface area contributed by atoms with Crippen LogP contribution < -0.4 is 0 Å². The summed E-state index contributed by atoms with van der Waals surface area (Å²) in [7, 11) is 0. The highest BCUT2D eigenvalue weighted by atomic mass is 19.4. The minimum atomic E-state index is -4.57. The van der Waals surface area contributed by atoms with E-state index in [-0.39, 0.29) is 23.2 Å². The summed E-state index contributed by atoms with van der Waals surface area (Å²) in [5.74, 6) is 2.57. The van der Waals surface area contributed by atoms with Crippen molar-refractivity contribution in [2.45, 2.75) is 116 Å². The minimum absolute atomic E-state index is 0.186. The monoisotopic (exact) mass is 456 g/mol. The van der Waals surface area contributed by atoms with Gasteiger partial charge in [-0.05, 0) is 118 Å². The lowest BCUT2D eigenvalue weighted by atomic mass is 9.46. The summed E-state index contributed by atoms with van der Waals surface area (Å²) in [6.45, 7) is 9.84. The fourth-order valence-electron chi connectivity index (χ4n) is 8.63. The zero-order valence-electron chi connectivity index (χ0n) is 20.6. The highest BCUT2D eigenvalue weighted by Crippen LogP contribution is 2.67. The Balaban J connectivity index is 1.49. The predicted octanol–water partition coefficient (Wildman–Crippen LogP) is 7.05. The van der Waals surface area contributed by atoms with E-state index < -0.39 is 17.4 Å². The van der Waals surface area contributed by atoms with E-state index in [4.69, 9.17) is 0 Å². The van der Waals surface area contributed by atoms with Gasteiger partial charge in [-0.2, -0.15) is 13.2 Å². The molecule has 0 heterocycles.